The zero-order chi connectivity index (χ0) is 25.9. The van der Waals surface area contributed by atoms with Gasteiger partial charge in [0, 0.05) is 49.1 Å². The number of para-hydroxylation sites is 1. The van der Waals surface area contributed by atoms with Crippen molar-refractivity contribution in [3.8, 4) is 6.19 Å². The molecule has 4 heterocycles. The Kier molecular flexibility index (Phi) is 6.63. The normalized spacial score (nSPS) is 15.0. The second-order valence-corrected chi connectivity index (χ2v) is 10.3. The van der Waals surface area contributed by atoms with Crippen molar-refractivity contribution in [3.05, 3.63) is 82.2 Å². The Morgan fingerprint density at radius 2 is 1.97 bits per heavy atom. The molecule has 6 rings (SSSR count). The number of nitriles is 1. The number of anilines is 3. The molecule has 0 saturated carbocycles. The molecule has 2 aliphatic heterocycles. The zero-order valence-electron chi connectivity index (χ0n) is 20.9. The molecule has 0 atom stereocenters. The molecule has 0 radical (unpaired) electrons. The lowest BCUT2D eigenvalue weighted by Gasteiger charge is -2.28. The summed E-state index contributed by atoms with van der Waals surface area (Å²) >= 11 is 1.41. The number of carbonyl (C=O) groups excluding carboxylic acids is 1. The Morgan fingerprint density at radius 1 is 1.11 bits per heavy atom. The molecule has 4 aromatic rings. The molecular weight excluding hydrogens is 494 g/mol. The quantitative estimate of drug-likeness (QED) is 0.206. The molecule has 2 N–H and O–H groups in total. The van der Waals surface area contributed by atoms with Gasteiger partial charge in [0.15, 0.2) is 0 Å². The second kappa shape index (κ2) is 10.5. The first-order valence-corrected chi connectivity index (χ1v) is 13.7. The third-order valence-corrected chi connectivity index (χ3v) is 8.01. The van der Waals surface area contributed by atoms with E-state index in [2.05, 4.69) is 42.5 Å². The molecule has 0 unspecified atom stereocenters. The van der Waals surface area contributed by atoms with Gasteiger partial charge >= 0.3 is 0 Å². The van der Waals surface area contributed by atoms with E-state index in [0.717, 1.165) is 72.4 Å². The predicted octanol–water partition coefficient (Wildman–Crippen LogP) is 5.46. The van der Waals surface area contributed by atoms with Gasteiger partial charge in [-0.25, -0.2) is 0 Å². The van der Waals surface area contributed by atoms with E-state index in [1.54, 1.807) is 0 Å². The number of nitrogens with one attached hydrogen (secondary N) is 2. The van der Waals surface area contributed by atoms with Crippen molar-refractivity contribution in [3.63, 3.8) is 0 Å². The molecule has 2 aromatic carbocycles. The molecule has 1 fully saturated rings. The Morgan fingerprint density at radius 3 is 2.84 bits per heavy atom. The van der Waals surface area contributed by atoms with Gasteiger partial charge in [-0.2, -0.15) is 5.26 Å². The largest absolute Gasteiger partial charge is 0.380 e. The van der Waals surface area contributed by atoms with Crippen LogP contribution in [0.2, 0.25) is 0 Å². The van der Waals surface area contributed by atoms with E-state index in [1.807, 2.05) is 60.2 Å². The summed E-state index contributed by atoms with van der Waals surface area (Å²) in [5.41, 5.74) is 5.79. The van der Waals surface area contributed by atoms with Gasteiger partial charge in [-0.3, -0.25) is 9.78 Å². The van der Waals surface area contributed by atoms with Crippen LogP contribution in [0.3, 0.4) is 0 Å². The molecule has 0 bridgehead atoms. The molecule has 0 aliphatic carbocycles. The molecule has 1 amide bonds. The number of carbonyl (C=O) groups is 1. The van der Waals surface area contributed by atoms with Crippen molar-refractivity contribution in [2.45, 2.75) is 25.8 Å². The first-order chi connectivity index (χ1) is 18.7. The van der Waals surface area contributed by atoms with Gasteiger partial charge < -0.3 is 20.4 Å². The number of likely N-dealkylation sites (tertiary alicyclic amines) is 1. The van der Waals surface area contributed by atoms with Crippen LogP contribution in [-0.4, -0.2) is 41.4 Å². The molecule has 2 aromatic heterocycles. The number of guanidine groups is 1. The summed E-state index contributed by atoms with van der Waals surface area (Å²) in [6.45, 7) is 3.18. The lowest BCUT2D eigenvalue weighted by atomic mass is 10.1. The fraction of sp³-hybridized carbons (Fsp3) is 0.241. The number of aliphatic imine (C=N–C) groups is 1. The van der Waals surface area contributed by atoms with E-state index >= 15 is 0 Å². The fourth-order valence-electron chi connectivity index (χ4n) is 5.24. The topological polar surface area (TPSA) is 96.7 Å². The van der Waals surface area contributed by atoms with Crippen LogP contribution in [0.15, 0.2) is 71.2 Å². The number of thiophene rings is 1. The van der Waals surface area contributed by atoms with E-state index in [4.69, 9.17) is 0 Å². The number of amides is 1. The first-order valence-electron chi connectivity index (χ1n) is 12.8. The lowest BCUT2D eigenvalue weighted by Crippen LogP contribution is -2.42. The van der Waals surface area contributed by atoms with Crippen LogP contribution in [-0.2, 0) is 13.0 Å². The average Bonchev–Trinajstić information content (AvgIpc) is 3.72. The lowest BCUT2D eigenvalue weighted by molar-refractivity contribution is 0.103. The van der Waals surface area contributed by atoms with Gasteiger partial charge in [-0.1, -0.05) is 24.3 Å². The zero-order valence-corrected chi connectivity index (χ0v) is 21.7. The number of hydrogen-bond acceptors (Lipinski definition) is 6. The number of fused-ring (bicyclic) bond motifs is 2. The highest BCUT2D eigenvalue weighted by Crippen LogP contribution is 2.33. The van der Waals surface area contributed by atoms with Crippen LogP contribution in [0.4, 0.5) is 17.1 Å². The van der Waals surface area contributed by atoms with Crippen molar-refractivity contribution in [2.75, 3.05) is 35.2 Å². The minimum atomic E-state index is -0.156. The molecule has 38 heavy (non-hydrogen) atoms. The maximum Gasteiger partial charge on any atom is 0.267 e. The summed E-state index contributed by atoms with van der Waals surface area (Å²) in [6.07, 6.45) is 6.89. The molecule has 0 spiro atoms. The highest BCUT2D eigenvalue weighted by Gasteiger charge is 2.29. The Bertz CT molecular complexity index is 1560. The van der Waals surface area contributed by atoms with E-state index in [9.17, 15) is 10.1 Å². The fourth-order valence-corrected chi connectivity index (χ4v) is 6.01. The van der Waals surface area contributed by atoms with E-state index < -0.39 is 0 Å². The van der Waals surface area contributed by atoms with Crippen LogP contribution < -0.4 is 15.5 Å². The van der Waals surface area contributed by atoms with Crippen LogP contribution in [0.5, 0.6) is 0 Å². The van der Waals surface area contributed by atoms with Gasteiger partial charge in [-0.05, 0) is 66.1 Å². The van der Waals surface area contributed by atoms with Crippen molar-refractivity contribution in [2.24, 2.45) is 4.99 Å². The predicted molar refractivity (Wildman–Crippen MR) is 153 cm³/mol. The van der Waals surface area contributed by atoms with Crippen molar-refractivity contribution in [1.82, 2.24) is 9.88 Å². The monoisotopic (exact) mass is 521 g/mol. The second-order valence-electron chi connectivity index (χ2n) is 9.41. The van der Waals surface area contributed by atoms with Gasteiger partial charge in [0.05, 0.1) is 11.2 Å². The molecule has 9 heteroatoms. The number of rotatable bonds is 5. The Labute approximate surface area is 225 Å². The molecule has 8 nitrogen and oxygen atoms in total. The minimum absolute atomic E-state index is 0.156. The van der Waals surface area contributed by atoms with Gasteiger partial charge in [0.2, 0.25) is 12.2 Å². The van der Waals surface area contributed by atoms with Crippen LogP contribution in [0.25, 0.3) is 10.9 Å². The molecule has 190 valence electrons. The Balaban J connectivity index is 1.18. The Hall–Kier alpha value is -4.42. The SMILES string of the molecule is N#C/N=C(\N1CCCC1)N1CCc2ccc(NC(=O)c3sccc3NCc3ccnc4ccccc34)cc21. The van der Waals surface area contributed by atoms with Gasteiger partial charge in [0.25, 0.3) is 5.91 Å². The summed E-state index contributed by atoms with van der Waals surface area (Å²) in [5, 5.41) is 18.9. The summed E-state index contributed by atoms with van der Waals surface area (Å²) in [4.78, 5) is 26.8. The van der Waals surface area contributed by atoms with E-state index in [0.29, 0.717) is 17.4 Å². The number of aromatic nitrogens is 1. The van der Waals surface area contributed by atoms with Crippen LogP contribution >= 0.6 is 11.3 Å². The molecule has 1 saturated heterocycles. The first kappa shape index (κ1) is 23.9. The van der Waals surface area contributed by atoms with Crippen LogP contribution in [0.1, 0.15) is 33.6 Å². The molecule has 2 aliphatic rings. The van der Waals surface area contributed by atoms with Gasteiger partial charge in [0.1, 0.15) is 4.88 Å². The highest BCUT2D eigenvalue weighted by molar-refractivity contribution is 7.12. The van der Waals surface area contributed by atoms with Crippen molar-refractivity contribution in [1.29, 1.82) is 5.26 Å². The third-order valence-electron chi connectivity index (χ3n) is 7.10. The number of hydrogen-bond donors (Lipinski definition) is 2. The van der Waals surface area contributed by atoms with E-state index in [1.165, 1.54) is 16.9 Å². The van der Waals surface area contributed by atoms with Crippen LogP contribution in [0, 0.1) is 11.5 Å². The summed E-state index contributed by atoms with van der Waals surface area (Å²) < 4.78 is 0. The standard InChI is InChI=1S/C29H27N7OS/c30-19-33-29(35-13-3-4-14-35)36-15-10-20-7-8-22(17-26(20)36)34-28(37)27-25(11-16-38-27)32-18-21-9-12-31-24-6-2-1-5-23(21)24/h1-2,5-9,11-12,16-17,32H,3-4,10,13-15,18H2,(H,34,37)/b33-29+. The van der Waals surface area contributed by atoms with Crippen molar-refractivity contribution >= 4 is 51.2 Å². The number of nitrogens with zero attached hydrogens (tertiary/aromatic N) is 5. The van der Waals surface area contributed by atoms with Crippen molar-refractivity contribution < 1.29 is 4.79 Å². The molecular formula is C29H27N7OS. The summed E-state index contributed by atoms with van der Waals surface area (Å²) in [5.74, 6) is 0.553. The summed E-state index contributed by atoms with van der Waals surface area (Å²) in [6, 6.07) is 18.0. The number of pyridine rings is 1. The van der Waals surface area contributed by atoms with Gasteiger partial charge in [-0.15, -0.1) is 16.3 Å². The maximum absolute atomic E-state index is 13.3. The smallest absolute Gasteiger partial charge is 0.267 e. The average molecular weight is 522 g/mol. The minimum Gasteiger partial charge on any atom is -0.380 e. The van der Waals surface area contributed by atoms with E-state index in [-0.39, 0.29) is 5.91 Å². The maximum atomic E-state index is 13.3. The summed E-state index contributed by atoms with van der Waals surface area (Å²) in [7, 11) is 0. The highest BCUT2D eigenvalue weighted by atomic mass is 32.1. The number of benzene rings is 2. The third kappa shape index (κ3) is 4.66.